The van der Waals surface area contributed by atoms with Crippen LogP contribution >= 0.6 is 0 Å². The van der Waals surface area contributed by atoms with Crippen molar-refractivity contribution in [3.63, 3.8) is 0 Å². The summed E-state index contributed by atoms with van der Waals surface area (Å²) in [6.45, 7) is 9.22. The topological polar surface area (TPSA) is 125 Å². The van der Waals surface area contributed by atoms with E-state index >= 15 is 0 Å². The lowest BCUT2D eigenvalue weighted by Gasteiger charge is -2.33. The molecule has 11 heteroatoms. The number of pyridine rings is 2. The number of benzene rings is 1. The lowest BCUT2D eigenvalue weighted by molar-refractivity contribution is -0.116. The molecular formula is C28H32N6O4S. The summed E-state index contributed by atoms with van der Waals surface area (Å²) < 4.78 is 28.6. The Bertz CT molecular complexity index is 1560. The highest BCUT2D eigenvalue weighted by Gasteiger charge is 2.39. The summed E-state index contributed by atoms with van der Waals surface area (Å²) in [4.78, 5) is 37.5. The third-order valence-corrected chi connectivity index (χ3v) is 8.45. The number of hydrogen-bond acceptors (Lipinski definition) is 8. The SMILES string of the molecule is CC(=O)N1CCc2cc(Nc3cccc(S(=O)(=O)NC(=O)c4cccnc4N4CC(C)CC4(C)C)n3)ccc21. The van der Waals surface area contributed by atoms with Crippen molar-refractivity contribution >= 4 is 44.8 Å². The third kappa shape index (κ3) is 5.31. The Morgan fingerprint density at radius 1 is 1.10 bits per heavy atom. The van der Waals surface area contributed by atoms with Crippen molar-refractivity contribution in [1.82, 2.24) is 14.7 Å². The van der Waals surface area contributed by atoms with Crippen molar-refractivity contribution < 1.29 is 18.0 Å². The number of rotatable bonds is 6. The number of amides is 2. The van der Waals surface area contributed by atoms with E-state index in [1.54, 1.807) is 42.3 Å². The van der Waals surface area contributed by atoms with E-state index in [0.29, 0.717) is 29.8 Å². The molecule has 0 spiro atoms. The van der Waals surface area contributed by atoms with E-state index in [4.69, 9.17) is 0 Å². The molecule has 1 atom stereocenters. The number of carbonyl (C=O) groups excluding carboxylic acids is 2. The second kappa shape index (κ2) is 9.96. The molecule has 2 amide bonds. The molecule has 10 nitrogen and oxygen atoms in total. The minimum absolute atomic E-state index is 0.00631. The smallest absolute Gasteiger partial charge is 0.281 e. The van der Waals surface area contributed by atoms with Gasteiger partial charge in [0.05, 0.1) is 5.56 Å². The van der Waals surface area contributed by atoms with E-state index in [9.17, 15) is 18.0 Å². The molecule has 39 heavy (non-hydrogen) atoms. The zero-order valence-corrected chi connectivity index (χ0v) is 23.2. The number of carbonyl (C=O) groups is 2. The molecule has 3 aromatic rings. The van der Waals surface area contributed by atoms with Gasteiger partial charge < -0.3 is 15.1 Å². The van der Waals surface area contributed by atoms with E-state index < -0.39 is 15.9 Å². The van der Waals surface area contributed by atoms with Gasteiger partial charge >= 0.3 is 0 Å². The fraction of sp³-hybridized carbons (Fsp3) is 0.357. The van der Waals surface area contributed by atoms with Gasteiger partial charge in [-0.15, -0.1) is 0 Å². The van der Waals surface area contributed by atoms with E-state index in [1.165, 1.54) is 6.07 Å². The van der Waals surface area contributed by atoms with Crippen LogP contribution in [-0.4, -0.2) is 48.8 Å². The van der Waals surface area contributed by atoms with Crippen molar-refractivity contribution in [2.24, 2.45) is 5.92 Å². The minimum Gasteiger partial charge on any atom is -0.351 e. The Hall–Kier alpha value is -3.99. The van der Waals surface area contributed by atoms with Crippen LogP contribution in [-0.2, 0) is 21.2 Å². The van der Waals surface area contributed by atoms with Crippen LogP contribution in [0.25, 0.3) is 0 Å². The molecule has 1 aromatic carbocycles. The first kappa shape index (κ1) is 26.6. The van der Waals surface area contributed by atoms with Gasteiger partial charge in [0, 0.05) is 43.1 Å². The largest absolute Gasteiger partial charge is 0.351 e. The first-order valence-electron chi connectivity index (χ1n) is 12.9. The molecule has 0 saturated carbocycles. The lowest BCUT2D eigenvalue weighted by Crippen LogP contribution is -2.41. The van der Waals surface area contributed by atoms with Crippen LogP contribution in [0.15, 0.2) is 59.8 Å². The summed E-state index contributed by atoms with van der Waals surface area (Å²) >= 11 is 0. The molecule has 2 aliphatic heterocycles. The van der Waals surface area contributed by atoms with Crippen molar-refractivity contribution in [2.45, 2.75) is 51.1 Å². The van der Waals surface area contributed by atoms with Crippen LogP contribution in [0.5, 0.6) is 0 Å². The number of fused-ring (bicyclic) bond motifs is 1. The Kier molecular flexibility index (Phi) is 6.79. The summed E-state index contributed by atoms with van der Waals surface area (Å²) in [6.07, 6.45) is 3.28. The first-order chi connectivity index (χ1) is 18.4. The number of nitrogens with one attached hydrogen (secondary N) is 2. The van der Waals surface area contributed by atoms with Crippen LogP contribution in [0, 0.1) is 5.92 Å². The fourth-order valence-electron chi connectivity index (χ4n) is 5.57. The van der Waals surface area contributed by atoms with Crippen molar-refractivity contribution in [3.8, 4) is 0 Å². The standard InChI is InChI=1S/C28H32N6O4S/c1-18-16-28(3,4)34(17-18)26-22(7-6-13-29-26)27(36)32-39(37,38)25-9-5-8-24(31-25)30-21-10-11-23-20(15-21)12-14-33(23)19(2)35/h5-11,13,15,18H,12,14,16-17H2,1-4H3,(H,30,31)(H,32,36). The van der Waals surface area contributed by atoms with Crippen LogP contribution in [0.4, 0.5) is 23.0 Å². The monoisotopic (exact) mass is 548 g/mol. The van der Waals surface area contributed by atoms with Gasteiger partial charge in [0.15, 0.2) is 5.03 Å². The maximum atomic E-state index is 13.2. The molecule has 5 rings (SSSR count). The lowest BCUT2D eigenvalue weighted by atomic mass is 9.97. The maximum Gasteiger partial charge on any atom is 0.281 e. The predicted molar refractivity (Wildman–Crippen MR) is 150 cm³/mol. The molecule has 2 aliphatic rings. The highest BCUT2D eigenvalue weighted by molar-refractivity contribution is 7.90. The number of aromatic nitrogens is 2. The quantitative estimate of drug-likeness (QED) is 0.476. The molecule has 0 radical (unpaired) electrons. The van der Waals surface area contributed by atoms with Gasteiger partial charge in [-0.2, -0.15) is 8.42 Å². The number of hydrogen-bond donors (Lipinski definition) is 2. The Morgan fingerprint density at radius 3 is 2.62 bits per heavy atom. The van der Waals surface area contributed by atoms with E-state index in [-0.39, 0.29) is 22.0 Å². The molecule has 2 N–H and O–H groups in total. The zero-order chi connectivity index (χ0) is 27.9. The molecule has 1 fully saturated rings. The van der Waals surface area contributed by atoms with Crippen LogP contribution in [0.3, 0.4) is 0 Å². The van der Waals surface area contributed by atoms with Crippen molar-refractivity contribution in [2.75, 3.05) is 28.2 Å². The van der Waals surface area contributed by atoms with Crippen LogP contribution in [0.2, 0.25) is 0 Å². The van der Waals surface area contributed by atoms with Crippen LogP contribution in [0.1, 0.15) is 50.0 Å². The molecule has 2 aromatic heterocycles. The fourth-order valence-corrected chi connectivity index (χ4v) is 6.50. The van der Waals surface area contributed by atoms with Gasteiger partial charge in [-0.3, -0.25) is 9.59 Å². The van der Waals surface area contributed by atoms with Crippen molar-refractivity contribution in [1.29, 1.82) is 0 Å². The van der Waals surface area contributed by atoms with E-state index in [2.05, 4.69) is 45.7 Å². The molecule has 204 valence electrons. The van der Waals surface area contributed by atoms with Gasteiger partial charge in [-0.25, -0.2) is 14.7 Å². The summed E-state index contributed by atoms with van der Waals surface area (Å²) in [5, 5.41) is 2.84. The molecule has 1 unspecified atom stereocenters. The van der Waals surface area contributed by atoms with Gasteiger partial charge in [0.1, 0.15) is 11.6 Å². The average molecular weight is 549 g/mol. The number of anilines is 4. The van der Waals surface area contributed by atoms with Gasteiger partial charge in [0.2, 0.25) is 5.91 Å². The summed E-state index contributed by atoms with van der Waals surface area (Å²) in [5.41, 5.74) is 2.59. The van der Waals surface area contributed by atoms with E-state index in [0.717, 1.165) is 30.6 Å². The third-order valence-electron chi connectivity index (χ3n) is 7.21. The second-order valence-electron chi connectivity index (χ2n) is 10.8. The maximum absolute atomic E-state index is 13.2. The predicted octanol–water partition coefficient (Wildman–Crippen LogP) is 3.87. The number of nitrogens with zero attached hydrogens (tertiary/aromatic N) is 4. The summed E-state index contributed by atoms with van der Waals surface area (Å²) in [7, 11) is -4.27. The second-order valence-corrected chi connectivity index (χ2v) is 12.4. The van der Waals surface area contributed by atoms with Crippen molar-refractivity contribution in [3.05, 3.63) is 65.9 Å². The highest BCUT2D eigenvalue weighted by Crippen LogP contribution is 2.37. The first-order valence-corrected chi connectivity index (χ1v) is 14.4. The zero-order valence-electron chi connectivity index (χ0n) is 22.4. The normalized spacial score (nSPS) is 18.1. The van der Waals surface area contributed by atoms with Gasteiger partial charge in [-0.1, -0.05) is 13.0 Å². The molecular weight excluding hydrogens is 516 g/mol. The van der Waals surface area contributed by atoms with Crippen LogP contribution < -0.4 is 19.8 Å². The minimum atomic E-state index is -4.27. The average Bonchev–Trinajstić information content (AvgIpc) is 3.42. The number of sulfonamides is 1. The molecule has 4 heterocycles. The molecule has 0 bridgehead atoms. The molecule has 0 aliphatic carbocycles. The summed E-state index contributed by atoms with van der Waals surface area (Å²) in [5.74, 6) is 0.416. The molecule has 1 saturated heterocycles. The Balaban J connectivity index is 1.35. The highest BCUT2D eigenvalue weighted by atomic mass is 32.2. The van der Waals surface area contributed by atoms with Gasteiger partial charge in [0.25, 0.3) is 15.9 Å². The summed E-state index contributed by atoms with van der Waals surface area (Å²) in [6, 6.07) is 13.3. The Labute approximate surface area is 228 Å². The van der Waals surface area contributed by atoms with E-state index in [1.807, 2.05) is 18.2 Å². The Morgan fingerprint density at radius 2 is 1.90 bits per heavy atom. The van der Waals surface area contributed by atoms with Gasteiger partial charge in [-0.05, 0) is 80.6 Å².